The van der Waals surface area contributed by atoms with E-state index in [2.05, 4.69) is 13.8 Å². The minimum Gasteiger partial charge on any atom is -0.481 e. The Hall–Kier alpha value is -1.06. The number of carbonyl (C=O) groups is 2. The van der Waals surface area contributed by atoms with Crippen LogP contribution >= 0.6 is 0 Å². The molecular weight excluding hydrogens is 460 g/mol. The maximum absolute atomic E-state index is 12.1. The van der Waals surface area contributed by atoms with E-state index in [0.717, 1.165) is 32.1 Å². The first-order chi connectivity index (χ1) is 18.1. The molecule has 0 aliphatic heterocycles. The Morgan fingerprint density at radius 3 is 1.27 bits per heavy atom. The normalized spacial score (nSPS) is 12.1. The van der Waals surface area contributed by atoms with Gasteiger partial charge in [-0.1, -0.05) is 162 Å². The van der Waals surface area contributed by atoms with Crippen molar-refractivity contribution < 1.29 is 19.4 Å². The third kappa shape index (κ3) is 29.4. The van der Waals surface area contributed by atoms with E-state index < -0.39 is 5.97 Å². The van der Waals surface area contributed by atoms with Crippen LogP contribution in [-0.4, -0.2) is 23.7 Å². The lowest BCUT2D eigenvalue weighted by molar-refractivity contribution is -0.147. The van der Waals surface area contributed by atoms with E-state index in [9.17, 15) is 14.7 Å². The topological polar surface area (TPSA) is 63.6 Å². The molecule has 1 atom stereocenters. The van der Waals surface area contributed by atoms with Crippen molar-refractivity contribution in [1.82, 2.24) is 0 Å². The van der Waals surface area contributed by atoms with E-state index in [-0.39, 0.29) is 24.9 Å². The van der Waals surface area contributed by atoms with E-state index in [0.29, 0.717) is 6.42 Å². The SMILES string of the molecule is CCCCCCCCCCCCCCCC(=O)OC[C@H](CCCCCCCCCCCCC)CC(=O)O. The first kappa shape index (κ1) is 35.9. The number of unbranched alkanes of at least 4 members (excludes halogenated alkanes) is 22. The van der Waals surface area contributed by atoms with Gasteiger partial charge in [-0.2, -0.15) is 0 Å². The maximum Gasteiger partial charge on any atom is 0.305 e. The molecule has 37 heavy (non-hydrogen) atoms. The molecule has 0 aromatic heterocycles. The van der Waals surface area contributed by atoms with E-state index in [1.54, 1.807) is 0 Å². The average Bonchev–Trinajstić information content (AvgIpc) is 2.88. The molecule has 0 aromatic carbocycles. The molecule has 0 saturated carbocycles. The lowest BCUT2D eigenvalue weighted by atomic mass is 9.97. The molecule has 0 aromatic rings. The second-order valence-corrected chi connectivity index (χ2v) is 11.5. The van der Waals surface area contributed by atoms with Gasteiger partial charge in [-0.15, -0.1) is 0 Å². The zero-order chi connectivity index (χ0) is 27.2. The standard InChI is InChI=1S/C33H64O4/c1-3-5-7-9-11-13-15-16-18-20-22-24-26-28-33(36)37-30-31(29-32(34)35)27-25-23-21-19-17-14-12-10-8-6-4-2/h31H,3-30H2,1-2H3,(H,34,35)/t31-/m1/s1. The Bertz CT molecular complexity index is 491. The number of carbonyl (C=O) groups excluding carboxylic acids is 1. The van der Waals surface area contributed by atoms with Crippen LogP contribution in [0.2, 0.25) is 0 Å². The molecule has 0 radical (unpaired) electrons. The average molecular weight is 525 g/mol. The summed E-state index contributed by atoms with van der Waals surface area (Å²) in [6.07, 6.45) is 32.3. The fourth-order valence-electron chi connectivity index (χ4n) is 5.16. The van der Waals surface area contributed by atoms with Gasteiger partial charge in [0.2, 0.25) is 0 Å². The summed E-state index contributed by atoms with van der Waals surface area (Å²) in [7, 11) is 0. The summed E-state index contributed by atoms with van der Waals surface area (Å²) < 4.78 is 5.46. The highest BCUT2D eigenvalue weighted by molar-refractivity contribution is 5.69. The van der Waals surface area contributed by atoms with Crippen LogP contribution in [0.15, 0.2) is 0 Å². The molecule has 0 spiro atoms. The number of ether oxygens (including phenoxy) is 1. The molecule has 0 aliphatic rings. The Balaban J connectivity index is 3.64. The molecule has 4 nitrogen and oxygen atoms in total. The molecule has 0 saturated heterocycles. The van der Waals surface area contributed by atoms with Gasteiger partial charge in [0.1, 0.15) is 0 Å². The number of hydrogen-bond acceptors (Lipinski definition) is 3. The molecule has 1 N–H and O–H groups in total. The summed E-state index contributed by atoms with van der Waals surface area (Å²) in [5.41, 5.74) is 0. The molecule has 0 amide bonds. The number of carboxylic acid groups (broad SMARTS) is 1. The Labute approximate surface area is 231 Å². The van der Waals surface area contributed by atoms with Gasteiger partial charge in [-0.05, 0) is 12.8 Å². The van der Waals surface area contributed by atoms with E-state index in [4.69, 9.17) is 4.74 Å². The summed E-state index contributed by atoms with van der Waals surface area (Å²) in [5.74, 6) is -0.996. The molecule has 0 heterocycles. The molecular formula is C33H64O4. The third-order valence-electron chi connectivity index (χ3n) is 7.64. The second kappa shape index (κ2) is 29.5. The minimum absolute atomic E-state index is 0.0494. The van der Waals surface area contributed by atoms with Gasteiger partial charge in [-0.3, -0.25) is 9.59 Å². The fraction of sp³-hybridized carbons (Fsp3) is 0.939. The van der Waals surface area contributed by atoms with Crippen molar-refractivity contribution in [2.45, 2.75) is 187 Å². The van der Waals surface area contributed by atoms with Crippen LogP contribution in [-0.2, 0) is 14.3 Å². The Kier molecular flexibility index (Phi) is 28.7. The summed E-state index contributed by atoms with van der Waals surface area (Å²) >= 11 is 0. The van der Waals surface area contributed by atoms with Crippen molar-refractivity contribution in [3.05, 3.63) is 0 Å². The summed E-state index contributed by atoms with van der Waals surface area (Å²) in [6.45, 7) is 4.79. The van der Waals surface area contributed by atoms with Crippen LogP contribution < -0.4 is 0 Å². The van der Waals surface area contributed by atoms with Crippen LogP contribution in [0.25, 0.3) is 0 Å². The van der Waals surface area contributed by atoms with E-state index in [1.807, 2.05) is 0 Å². The lowest BCUT2D eigenvalue weighted by Crippen LogP contribution is -2.17. The number of rotatable bonds is 30. The Morgan fingerprint density at radius 1 is 0.541 bits per heavy atom. The van der Waals surface area contributed by atoms with Crippen LogP contribution in [0.4, 0.5) is 0 Å². The molecule has 0 rings (SSSR count). The summed E-state index contributed by atoms with van der Waals surface area (Å²) in [4.78, 5) is 23.3. The van der Waals surface area contributed by atoms with Crippen molar-refractivity contribution in [2.24, 2.45) is 5.92 Å². The Morgan fingerprint density at radius 2 is 0.892 bits per heavy atom. The molecule has 0 aliphatic carbocycles. The fourth-order valence-corrected chi connectivity index (χ4v) is 5.16. The van der Waals surface area contributed by atoms with Crippen molar-refractivity contribution >= 4 is 11.9 Å². The summed E-state index contributed by atoms with van der Waals surface area (Å²) in [6, 6.07) is 0. The monoisotopic (exact) mass is 524 g/mol. The van der Waals surface area contributed by atoms with Crippen molar-refractivity contribution in [2.75, 3.05) is 6.61 Å². The van der Waals surface area contributed by atoms with Gasteiger partial charge >= 0.3 is 11.9 Å². The highest BCUT2D eigenvalue weighted by atomic mass is 16.5. The van der Waals surface area contributed by atoms with Crippen molar-refractivity contribution in [3.63, 3.8) is 0 Å². The van der Waals surface area contributed by atoms with Crippen molar-refractivity contribution in [1.29, 1.82) is 0 Å². The molecule has 4 heteroatoms. The first-order valence-corrected chi connectivity index (χ1v) is 16.5. The third-order valence-corrected chi connectivity index (χ3v) is 7.64. The van der Waals surface area contributed by atoms with Crippen LogP contribution in [0, 0.1) is 5.92 Å². The van der Waals surface area contributed by atoms with Gasteiger partial charge in [0.05, 0.1) is 13.0 Å². The molecule has 0 fully saturated rings. The quantitative estimate of drug-likeness (QED) is 0.0749. The first-order valence-electron chi connectivity index (χ1n) is 16.5. The maximum atomic E-state index is 12.1. The number of hydrogen-bond donors (Lipinski definition) is 1. The highest BCUT2D eigenvalue weighted by Crippen LogP contribution is 2.18. The van der Waals surface area contributed by atoms with Crippen LogP contribution in [0.1, 0.15) is 187 Å². The number of esters is 1. The number of carboxylic acids is 1. The predicted octanol–water partition coefficient (Wildman–Crippen LogP) is 10.8. The number of aliphatic carboxylic acids is 1. The van der Waals surface area contributed by atoms with E-state index >= 15 is 0 Å². The van der Waals surface area contributed by atoms with Gasteiger partial charge in [0.15, 0.2) is 0 Å². The lowest BCUT2D eigenvalue weighted by Gasteiger charge is -2.15. The second-order valence-electron chi connectivity index (χ2n) is 11.5. The summed E-state index contributed by atoms with van der Waals surface area (Å²) in [5, 5.41) is 9.22. The predicted molar refractivity (Wildman–Crippen MR) is 158 cm³/mol. The zero-order valence-electron chi connectivity index (χ0n) is 25.0. The van der Waals surface area contributed by atoms with Gasteiger partial charge in [-0.25, -0.2) is 0 Å². The van der Waals surface area contributed by atoms with Gasteiger partial charge < -0.3 is 9.84 Å². The molecule has 0 bridgehead atoms. The molecule has 220 valence electrons. The van der Waals surface area contributed by atoms with Crippen LogP contribution in [0.5, 0.6) is 0 Å². The van der Waals surface area contributed by atoms with E-state index in [1.165, 1.54) is 128 Å². The minimum atomic E-state index is -0.791. The van der Waals surface area contributed by atoms with Crippen molar-refractivity contribution in [3.8, 4) is 0 Å². The van der Waals surface area contributed by atoms with Gasteiger partial charge in [0.25, 0.3) is 0 Å². The zero-order valence-corrected chi connectivity index (χ0v) is 25.0. The largest absolute Gasteiger partial charge is 0.481 e. The van der Waals surface area contributed by atoms with Crippen LogP contribution in [0.3, 0.4) is 0 Å². The molecule has 0 unspecified atom stereocenters. The highest BCUT2D eigenvalue weighted by Gasteiger charge is 2.15. The smallest absolute Gasteiger partial charge is 0.305 e. The van der Waals surface area contributed by atoms with Gasteiger partial charge in [0, 0.05) is 12.3 Å².